The van der Waals surface area contributed by atoms with Gasteiger partial charge in [0.2, 0.25) is 0 Å². The van der Waals surface area contributed by atoms with Crippen LogP contribution in [0.3, 0.4) is 0 Å². The van der Waals surface area contributed by atoms with Gasteiger partial charge in [-0.25, -0.2) is 0 Å². The van der Waals surface area contributed by atoms with Crippen molar-refractivity contribution in [2.75, 3.05) is 7.05 Å². The molecule has 0 aromatic heterocycles. The number of likely N-dealkylation sites (N-methyl/N-ethyl adjacent to an activating group) is 1. The Kier molecular flexibility index (Phi) is 2.73. The summed E-state index contributed by atoms with van der Waals surface area (Å²) in [5.41, 5.74) is 4.24. The smallest absolute Gasteiger partial charge is 0.0378 e. The van der Waals surface area contributed by atoms with Crippen LogP contribution in [0.15, 0.2) is 28.7 Å². The minimum absolute atomic E-state index is 0.0477. The second kappa shape index (κ2) is 3.76. The fourth-order valence-electron chi connectivity index (χ4n) is 2.06. The molecule has 80 valence electrons. The SMILES string of the molecule is CNC(C)(C)C1=CCc2c(Br)cccc21. The highest BCUT2D eigenvalue weighted by Crippen LogP contribution is 2.37. The van der Waals surface area contributed by atoms with Gasteiger partial charge in [-0.1, -0.05) is 34.1 Å². The van der Waals surface area contributed by atoms with Crippen LogP contribution in [-0.2, 0) is 6.42 Å². The van der Waals surface area contributed by atoms with Gasteiger partial charge >= 0.3 is 0 Å². The molecule has 1 aliphatic rings. The van der Waals surface area contributed by atoms with E-state index in [4.69, 9.17) is 0 Å². The van der Waals surface area contributed by atoms with Crippen molar-refractivity contribution >= 4 is 21.5 Å². The average molecular weight is 266 g/mol. The van der Waals surface area contributed by atoms with Gasteiger partial charge in [0.15, 0.2) is 0 Å². The summed E-state index contributed by atoms with van der Waals surface area (Å²) in [5.74, 6) is 0. The van der Waals surface area contributed by atoms with Crippen LogP contribution in [0.4, 0.5) is 0 Å². The van der Waals surface area contributed by atoms with E-state index in [2.05, 4.69) is 59.4 Å². The normalized spacial score (nSPS) is 15.1. The molecule has 2 rings (SSSR count). The summed E-state index contributed by atoms with van der Waals surface area (Å²) in [6, 6.07) is 6.42. The van der Waals surface area contributed by atoms with E-state index in [1.807, 2.05) is 7.05 Å². The summed E-state index contributed by atoms with van der Waals surface area (Å²) >= 11 is 3.61. The molecule has 1 aromatic rings. The van der Waals surface area contributed by atoms with Gasteiger partial charge in [0, 0.05) is 10.0 Å². The molecule has 1 aliphatic carbocycles. The van der Waals surface area contributed by atoms with Crippen LogP contribution in [-0.4, -0.2) is 12.6 Å². The van der Waals surface area contributed by atoms with E-state index in [1.165, 1.54) is 21.2 Å². The van der Waals surface area contributed by atoms with Gasteiger partial charge < -0.3 is 5.32 Å². The third kappa shape index (κ3) is 1.77. The van der Waals surface area contributed by atoms with Gasteiger partial charge in [0.1, 0.15) is 0 Å². The van der Waals surface area contributed by atoms with Crippen molar-refractivity contribution in [2.24, 2.45) is 0 Å². The van der Waals surface area contributed by atoms with Gasteiger partial charge in [0.05, 0.1) is 0 Å². The molecule has 15 heavy (non-hydrogen) atoms. The first-order chi connectivity index (χ1) is 7.06. The Balaban J connectivity index is 2.48. The molecular formula is C13H16BrN. The summed E-state index contributed by atoms with van der Waals surface area (Å²) in [5, 5.41) is 3.36. The maximum Gasteiger partial charge on any atom is 0.0378 e. The van der Waals surface area contributed by atoms with Gasteiger partial charge in [-0.2, -0.15) is 0 Å². The summed E-state index contributed by atoms with van der Waals surface area (Å²) < 4.78 is 1.22. The molecule has 1 aromatic carbocycles. The summed E-state index contributed by atoms with van der Waals surface area (Å²) in [4.78, 5) is 0. The van der Waals surface area contributed by atoms with Crippen LogP contribution in [0.2, 0.25) is 0 Å². The third-order valence-corrected chi connectivity index (χ3v) is 3.96. The van der Waals surface area contributed by atoms with Gasteiger partial charge in [-0.3, -0.25) is 0 Å². The molecule has 0 fully saturated rings. The van der Waals surface area contributed by atoms with Gasteiger partial charge in [-0.15, -0.1) is 0 Å². The molecule has 1 nitrogen and oxygen atoms in total. The molecule has 0 saturated carbocycles. The van der Waals surface area contributed by atoms with Crippen LogP contribution < -0.4 is 5.32 Å². The molecule has 0 radical (unpaired) electrons. The predicted molar refractivity (Wildman–Crippen MR) is 69.0 cm³/mol. The lowest BCUT2D eigenvalue weighted by atomic mass is 9.90. The lowest BCUT2D eigenvalue weighted by Gasteiger charge is -2.27. The maximum atomic E-state index is 3.61. The van der Waals surface area contributed by atoms with Crippen molar-refractivity contribution in [3.8, 4) is 0 Å². The van der Waals surface area contributed by atoms with E-state index in [1.54, 1.807) is 0 Å². The van der Waals surface area contributed by atoms with E-state index in [-0.39, 0.29) is 5.54 Å². The first-order valence-corrected chi connectivity index (χ1v) is 6.03. The molecule has 1 N–H and O–H groups in total. The summed E-state index contributed by atoms with van der Waals surface area (Å²) in [6.45, 7) is 4.43. The lowest BCUT2D eigenvalue weighted by Crippen LogP contribution is -2.37. The lowest BCUT2D eigenvalue weighted by molar-refractivity contribution is 0.546. The molecule has 0 amide bonds. The van der Waals surface area contributed by atoms with E-state index < -0.39 is 0 Å². The highest BCUT2D eigenvalue weighted by molar-refractivity contribution is 9.10. The highest BCUT2D eigenvalue weighted by atomic mass is 79.9. The van der Waals surface area contributed by atoms with Crippen molar-refractivity contribution in [1.29, 1.82) is 0 Å². The van der Waals surface area contributed by atoms with Crippen molar-refractivity contribution in [2.45, 2.75) is 25.8 Å². The Hall–Kier alpha value is -0.600. The molecule has 0 atom stereocenters. The first-order valence-electron chi connectivity index (χ1n) is 5.23. The van der Waals surface area contributed by atoms with Crippen LogP contribution in [0.5, 0.6) is 0 Å². The highest BCUT2D eigenvalue weighted by Gasteiger charge is 2.27. The fourth-order valence-corrected chi connectivity index (χ4v) is 2.59. The Morgan fingerprint density at radius 2 is 2.07 bits per heavy atom. The number of rotatable bonds is 2. The average Bonchev–Trinajstić information content (AvgIpc) is 2.63. The van der Waals surface area contributed by atoms with Crippen molar-refractivity contribution in [3.63, 3.8) is 0 Å². The topological polar surface area (TPSA) is 12.0 Å². The number of fused-ring (bicyclic) bond motifs is 1. The van der Waals surface area contributed by atoms with Crippen molar-refractivity contribution in [1.82, 2.24) is 5.32 Å². The third-order valence-electron chi connectivity index (χ3n) is 3.22. The Labute approximate surface area is 99.7 Å². The Morgan fingerprint density at radius 3 is 2.73 bits per heavy atom. The first kappa shape index (κ1) is 10.9. The van der Waals surface area contributed by atoms with E-state index in [0.717, 1.165) is 6.42 Å². The zero-order valence-corrected chi connectivity index (χ0v) is 11.0. The van der Waals surface area contributed by atoms with Crippen LogP contribution >= 0.6 is 15.9 Å². The van der Waals surface area contributed by atoms with Gasteiger partial charge in [-0.05, 0) is 50.1 Å². The standard InChI is InChI=1S/C13H16BrN/c1-13(2,15-3)11-8-7-10-9(11)5-4-6-12(10)14/h4-6,8,15H,7H2,1-3H3. The monoisotopic (exact) mass is 265 g/mol. The van der Waals surface area contributed by atoms with Crippen LogP contribution in [0.25, 0.3) is 5.57 Å². The number of hydrogen-bond donors (Lipinski definition) is 1. The molecule has 0 saturated heterocycles. The Bertz CT molecular complexity index is 419. The van der Waals surface area contributed by atoms with E-state index in [0.29, 0.717) is 0 Å². The minimum Gasteiger partial charge on any atom is -0.311 e. The molecule has 0 aliphatic heterocycles. The molecule has 0 spiro atoms. The number of benzene rings is 1. The number of nitrogens with one attached hydrogen (secondary N) is 1. The molecular weight excluding hydrogens is 250 g/mol. The zero-order valence-electron chi connectivity index (χ0n) is 9.39. The summed E-state index contributed by atoms with van der Waals surface area (Å²) in [7, 11) is 2.01. The second-order valence-corrected chi connectivity index (χ2v) is 5.32. The van der Waals surface area contributed by atoms with Gasteiger partial charge in [0.25, 0.3) is 0 Å². The van der Waals surface area contributed by atoms with E-state index in [9.17, 15) is 0 Å². The quantitative estimate of drug-likeness (QED) is 0.865. The largest absolute Gasteiger partial charge is 0.311 e. The van der Waals surface area contributed by atoms with Crippen molar-refractivity contribution in [3.05, 3.63) is 39.9 Å². The van der Waals surface area contributed by atoms with E-state index >= 15 is 0 Å². The van der Waals surface area contributed by atoms with Crippen LogP contribution in [0.1, 0.15) is 25.0 Å². The molecule has 0 heterocycles. The maximum absolute atomic E-state index is 3.61. The minimum atomic E-state index is 0.0477. The number of halogens is 1. The number of allylic oxidation sites excluding steroid dienone is 1. The predicted octanol–water partition coefficient (Wildman–Crippen LogP) is 3.39. The Morgan fingerprint density at radius 1 is 1.33 bits per heavy atom. The van der Waals surface area contributed by atoms with Crippen molar-refractivity contribution < 1.29 is 0 Å². The summed E-state index contributed by atoms with van der Waals surface area (Å²) in [6.07, 6.45) is 3.36. The number of hydrogen-bond acceptors (Lipinski definition) is 1. The fraction of sp³-hybridized carbons (Fsp3) is 0.385. The second-order valence-electron chi connectivity index (χ2n) is 4.46. The molecule has 0 bridgehead atoms. The van der Waals surface area contributed by atoms with Crippen LogP contribution in [0, 0.1) is 0 Å². The molecule has 2 heteroatoms. The zero-order chi connectivity index (χ0) is 11.1. The molecule has 0 unspecified atom stereocenters.